The summed E-state index contributed by atoms with van der Waals surface area (Å²) in [7, 11) is 0. The molecule has 0 bridgehead atoms. The fraction of sp³-hybridized carbons (Fsp3) is 0.364. The van der Waals surface area contributed by atoms with Crippen LogP contribution in [0.1, 0.15) is 36.5 Å². The van der Waals surface area contributed by atoms with Gasteiger partial charge in [-0.3, -0.25) is 4.79 Å². The van der Waals surface area contributed by atoms with E-state index in [0.29, 0.717) is 6.42 Å². The van der Waals surface area contributed by atoms with Gasteiger partial charge in [-0.1, -0.05) is 13.3 Å². The minimum absolute atomic E-state index is 0.147. The topological polar surface area (TPSA) is 43.1 Å². The van der Waals surface area contributed by atoms with Gasteiger partial charge in [0.25, 0.3) is 0 Å². The SMILES string of the molecule is CCCCC(=O)c1c(F)ccc(N)c1F. The Morgan fingerprint density at radius 2 is 2.07 bits per heavy atom. The second-order valence-corrected chi connectivity index (χ2v) is 3.35. The number of halogens is 2. The number of hydrogen-bond acceptors (Lipinski definition) is 2. The molecule has 0 spiro atoms. The van der Waals surface area contributed by atoms with E-state index in [1.165, 1.54) is 0 Å². The van der Waals surface area contributed by atoms with E-state index in [-0.39, 0.29) is 12.1 Å². The van der Waals surface area contributed by atoms with Gasteiger partial charge in [0.05, 0.1) is 11.3 Å². The number of nitrogens with two attached hydrogens (primary N) is 1. The number of carbonyl (C=O) groups is 1. The van der Waals surface area contributed by atoms with Gasteiger partial charge < -0.3 is 5.73 Å². The van der Waals surface area contributed by atoms with Crippen molar-refractivity contribution in [2.24, 2.45) is 0 Å². The van der Waals surface area contributed by atoms with Gasteiger partial charge in [0.1, 0.15) is 5.82 Å². The molecule has 0 amide bonds. The van der Waals surface area contributed by atoms with Crippen LogP contribution in [-0.2, 0) is 0 Å². The predicted octanol–water partition coefficient (Wildman–Crippen LogP) is 2.92. The molecule has 0 fully saturated rings. The molecule has 0 saturated heterocycles. The zero-order valence-electron chi connectivity index (χ0n) is 8.52. The molecule has 1 aromatic carbocycles. The first-order valence-electron chi connectivity index (χ1n) is 4.84. The molecule has 2 nitrogen and oxygen atoms in total. The van der Waals surface area contributed by atoms with Crippen molar-refractivity contribution in [1.82, 2.24) is 0 Å². The summed E-state index contributed by atoms with van der Waals surface area (Å²) < 4.78 is 26.5. The van der Waals surface area contributed by atoms with Gasteiger partial charge in [-0.15, -0.1) is 0 Å². The van der Waals surface area contributed by atoms with Gasteiger partial charge >= 0.3 is 0 Å². The van der Waals surface area contributed by atoms with Crippen molar-refractivity contribution in [1.29, 1.82) is 0 Å². The van der Waals surface area contributed by atoms with Gasteiger partial charge in [0.2, 0.25) is 0 Å². The summed E-state index contributed by atoms with van der Waals surface area (Å²) in [6, 6.07) is 2.12. The number of benzene rings is 1. The number of nitrogen functional groups attached to an aromatic ring is 1. The number of anilines is 1. The molecule has 0 aromatic heterocycles. The molecule has 0 radical (unpaired) electrons. The first-order chi connectivity index (χ1) is 7.07. The number of unbranched alkanes of at least 4 members (excludes halogenated alkanes) is 1. The average molecular weight is 213 g/mol. The highest BCUT2D eigenvalue weighted by Gasteiger charge is 2.18. The van der Waals surface area contributed by atoms with Crippen molar-refractivity contribution in [2.45, 2.75) is 26.2 Å². The summed E-state index contributed by atoms with van der Waals surface area (Å²) in [6.07, 6.45) is 1.57. The Balaban J connectivity index is 3.02. The highest BCUT2D eigenvalue weighted by molar-refractivity contribution is 5.97. The minimum atomic E-state index is -0.948. The van der Waals surface area contributed by atoms with Gasteiger partial charge in [0.15, 0.2) is 11.6 Å². The van der Waals surface area contributed by atoms with E-state index < -0.39 is 23.0 Å². The fourth-order valence-corrected chi connectivity index (χ4v) is 1.29. The van der Waals surface area contributed by atoms with Gasteiger partial charge in [0, 0.05) is 6.42 Å². The maximum Gasteiger partial charge on any atom is 0.168 e. The van der Waals surface area contributed by atoms with E-state index in [2.05, 4.69) is 0 Å². The van der Waals surface area contributed by atoms with Crippen LogP contribution in [0.2, 0.25) is 0 Å². The zero-order valence-corrected chi connectivity index (χ0v) is 8.52. The van der Waals surface area contributed by atoms with Gasteiger partial charge in [-0.2, -0.15) is 0 Å². The summed E-state index contributed by atoms with van der Waals surface area (Å²) in [5.41, 5.74) is 4.55. The van der Waals surface area contributed by atoms with Gasteiger partial charge in [-0.05, 0) is 18.6 Å². The molecule has 0 heterocycles. The van der Waals surface area contributed by atoms with E-state index in [1.807, 2.05) is 6.92 Å². The molecule has 0 aliphatic heterocycles. The molecule has 15 heavy (non-hydrogen) atoms. The Bertz CT molecular complexity index is 377. The number of ketones is 1. The van der Waals surface area contributed by atoms with Crippen molar-refractivity contribution in [3.63, 3.8) is 0 Å². The molecule has 0 aliphatic rings. The average Bonchev–Trinajstić information content (AvgIpc) is 2.21. The van der Waals surface area contributed by atoms with Crippen LogP contribution in [0.4, 0.5) is 14.5 Å². The van der Waals surface area contributed by atoms with Crippen LogP contribution in [-0.4, -0.2) is 5.78 Å². The van der Waals surface area contributed by atoms with Crippen molar-refractivity contribution >= 4 is 11.5 Å². The van der Waals surface area contributed by atoms with E-state index >= 15 is 0 Å². The smallest absolute Gasteiger partial charge is 0.168 e. The molecule has 2 N–H and O–H groups in total. The lowest BCUT2D eigenvalue weighted by molar-refractivity contribution is 0.0971. The molecule has 0 aliphatic carbocycles. The Labute approximate surface area is 87.1 Å². The van der Waals surface area contributed by atoms with Crippen molar-refractivity contribution in [3.8, 4) is 0 Å². The van der Waals surface area contributed by atoms with Crippen LogP contribution < -0.4 is 5.73 Å². The van der Waals surface area contributed by atoms with Crippen molar-refractivity contribution in [3.05, 3.63) is 29.3 Å². The van der Waals surface area contributed by atoms with E-state index in [1.54, 1.807) is 0 Å². The minimum Gasteiger partial charge on any atom is -0.396 e. The maximum absolute atomic E-state index is 13.4. The highest BCUT2D eigenvalue weighted by atomic mass is 19.1. The molecular weight excluding hydrogens is 200 g/mol. The van der Waals surface area contributed by atoms with E-state index in [4.69, 9.17) is 5.73 Å². The summed E-state index contributed by atoms with van der Waals surface area (Å²) in [5, 5.41) is 0. The third-order valence-electron chi connectivity index (χ3n) is 2.16. The lowest BCUT2D eigenvalue weighted by atomic mass is 10.0. The number of Topliss-reactive ketones (excluding diaryl/α,β-unsaturated/α-hetero) is 1. The summed E-state index contributed by atoms with van der Waals surface area (Å²) in [5.74, 6) is -2.32. The molecule has 0 unspecified atom stereocenters. The lowest BCUT2D eigenvalue weighted by Gasteiger charge is -2.05. The molecule has 4 heteroatoms. The summed E-state index contributed by atoms with van der Waals surface area (Å²) in [4.78, 5) is 11.5. The monoisotopic (exact) mass is 213 g/mol. The van der Waals surface area contributed by atoms with Crippen LogP contribution in [0, 0.1) is 11.6 Å². The summed E-state index contributed by atoms with van der Waals surface area (Å²) >= 11 is 0. The molecule has 0 saturated carbocycles. The standard InChI is InChI=1S/C11H13F2NO/c1-2-3-4-9(15)10-7(12)5-6-8(14)11(10)13/h5-6H,2-4,14H2,1H3. The van der Waals surface area contributed by atoms with Crippen LogP contribution in [0.5, 0.6) is 0 Å². The Kier molecular flexibility index (Phi) is 3.77. The van der Waals surface area contributed by atoms with Crippen LogP contribution >= 0.6 is 0 Å². The number of rotatable bonds is 4. The number of carbonyl (C=O) groups excluding carboxylic acids is 1. The third-order valence-corrected chi connectivity index (χ3v) is 2.16. The normalized spacial score (nSPS) is 10.3. The predicted molar refractivity (Wildman–Crippen MR) is 54.6 cm³/mol. The van der Waals surface area contributed by atoms with E-state index in [9.17, 15) is 13.6 Å². The van der Waals surface area contributed by atoms with Crippen LogP contribution in [0.15, 0.2) is 12.1 Å². The zero-order chi connectivity index (χ0) is 11.4. The Morgan fingerprint density at radius 1 is 1.40 bits per heavy atom. The molecule has 1 aromatic rings. The van der Waals surface area contributed by atoms with E-state index in [0.717, 1.165) is 18.6 Å². The second kappa shape index (κ2) is 4.87. The van der Waals surface area contributed by atoms with Crippen LogP contribution in [0.3, 0.4) is 0 Å². The Morgan fingerprint density at radius 3 is 2.67 bits per heavy atom. The second-order valence-electron chi connectivity index (χ2n) is 3.35. The quantitative estimate of drug-likeness (QED) is 0.617. The van der Waals surface area contributed by atoms with Crippen molar-refractivity contribution < 1.29 is 13.6 Å². The first kappa shape index (κ1) is 11.6. The largest absolute Gasteiger partial charge is 0.396 e. The fourth-order valence-electron chi connectivity index (χ4n) is 1.29. The Hall–Kier alpha value is -1.45. The number of hydrogen-bond donors (Lipinski definition) is 1. The van der Waals surface area contributed by atoms with Crippen molar-refractivity contribution in [2.75, 3.05) is 5.73 Å². The molecular formula is C11H13F2NO. The highest BCUT2D eigenvalue weighted by Crippen LogP contribution is 2.20. The lowest BCUT2D eigenvalue weighted by Crippen LogP contribution is -2.08. The molecule has 82 valence electrons. The molecule has 1 rings (SSSR count). The third kappa shape index (κ3) is 2.52. The van der Waals surface area contributed by atoms with Gasteiger partial charge in [-0.25, -0.2) is 8.78 Å². The first-order valence-corrected chi connectivity index (χ1v) is 4.84. The van der Waals surface area contributed by atoms with Crippen LogP contribution in [0.25, 0.3) is 0 Å². The maximum atomic E-state index is 13.4. The summed E-state index contributed by atoms with van der Waals surface area (Å²) in [6.45, 7) is 1.90. The molecule has 0 atom stereocenters.